The van der Waals surface area contributed by atoms with Crippen molar-refractivity contribution in [3.05, 3.63) is 53.5 Å². The number of carbonyl (C=O) groups is 3. The Morgan fingerprint density at radius 2 is 1.79 bits per heavy atom. The van der Waals surface area contributed by atoms with Crippen molar-refractivity contribution in [2.75, 3.05) is 24.1 Å². The Bertz CT molecular complexity index is 1100. The van der Waals surface area contributed by atoms with E-state index in [1.165, 1.54) is 23.2 Å². The fourth-order valence-corrected chi connectivity index (χ4v) is 4.41. The van der Waals surface area contributed by atoms with Crippen LogP contribution in [-0.2, 0) is 14.4 Å². The van der Waals surface area contributed by atoms with Crippen molar-refractivity contribution in [1.82, 2.24) is 14.8 Å². The molecule has 0 unspecified atom stereocenters. The molecule has 3 amide bonds. The number of hydrogen-bond acceptors (Lipinski definition) is 5. The van der Waals surface area contributed by atoms with E-state index in [-0.39, 0.29) is 31.0 Å². The van der Waals surface area contributed by atoms with Crippen LogP contribution in [0.4, 0.5) is 15.9 Å². The van der Waals surface area contributed by atoms with E-state index >= 15 is 0 Å². The lowest BCUT2D eigenvalue weighted by Crippen LogP contribution is -2.59. The third-order valence-corrected chi connectivity index (χ3v) is 6.45. The first-order chi connectivity index (χ1) is 16.2. The van der Waals surface area contributed by atoms with Crippen LogP contribution in [-0.4, -0.2) is 51.6 Å². The Labute approximate surface area is 198 Å². The highest BCUT2D eigenvalue weighted by molar-refractivity contribution is 6.39. The van der Waals surface area contributed by atoms with E-state index in [9.17, 15) is 18.8 Å². The number of nitrogens with zero attached hydrogens (tertiary/aromatic N) is 3. The minimum absolute atomic E-state index is 0.0308. The maximum Gasteiger partial charge on any atom is 0.313 e. The molecule has 2 fully saturated rings. The molecule has 2 aromatic rings. The molecule has 1 aliphatic heterocycles. The van der Waals surface area contributed by atoms with Gasteiger partial charge < -0.3 is 20.9 Å². The number of piperazine rings is 1. The molecule has 0 bridgehead atoms. The summed E-state index contributed by atoms with van der Waals surface area (Å²) in [5.74, 6) is -1.38. The van der Waals surface area contributed by atoms with Gasteiger partial charge in [0.25, 0.3) is 0 Å². The van der Waals surface area contributed by atoms with Crippen LogP contribution < -0.4 is 11.1 Å². The summed E-state index contributed by atoms with van der Waals surface area (Å²) in [6, 6.07) is 6.70. The average molecular weight is 468 g/mol. The standard InChI is InChI=1S/C25H30FN5O3/c1-14(2)24(33)30-13-21(17-6-8-18(26)9-7-17)31(12-15(30)3)25(34)23(32)29-19-10-20(16-4-5-16)22(27)28-11-19/h6-11,14-16,21H,4-5,12-13H2,1-3H3,(H2,27,28)(H,29,32)/t15-,21-/m0/s1. The molecule has 2 aliphatic rings. The van der Waals surface area contributed by atoms with Gasteiger partial charge in [0.15, 0.2) is 0 Å². The summed E-state index contributed by atoms with van der Waals surface area (Å²) in [6.07, 6.45) is 3.49. The lowest BCUT2D eigenvalue weighted by molar-refractivity contribution is -0.152. The molecular weight excluding hydrogens is 437 g/mol. The van der Waals surface area contributed by atoms with Gasteiger partial charge in [-0.25, -0.2) is 9.37 Å². The van der Waals surface area contributed by atoms with Gasteiger partial charge in [-0.2, -0.15) is 0 Å². The van der Waals surface area contributed by atoms with Crippen molar-refractivity contribution in [1.29, 1.82) is 0 Å². The zero-order valence-electron chi connectivity index (χ0n) is 19.6. The maximum absolute atomic E-state index is 13.6. The number of benzene rings is 1. The van der Waals surface area contributed by atoms with Gasteiger partial charge in [0, 0.05) is 25.0 Å². The molecule has 34 heavy (non-hydrogen) atoms. The highest BCUT2D eigenvalue weighted by Gasteiger charge is 2.40. The van der Waals surface area contributed by atoms with E-state index in [0.29, 0.717) is 23.0 Å². The van der Waals surface area contributed by atoms with Crippen LogP contribution in [0.15, 0.2) is 36.5 Å². The number of pyridine rings is 1. The summed E-state index contributed by atoms with van der Waals surface area (Å²) in [6.45, 7) is 5.90. The molecule has 1 aromatic carbocycles. The Morgan fingerprint density at radius 3 is 2.41 bits per heavy atom. The molecule has 1 saturated carbocycles. The van der Waals surface area contributed by atoms with Crippen molar-refractivity contribution in [3.63, 3.8) is 0 Å². The molecule has 8 nitrogen and oxygen atoms in total. The fourth-order valence-electron chi connectivity index (χ4n) is 4.41. The average Bonchev–Trinajstić information content (AvgIpc) is 3.65. The summed E-state index contributed by atoms with van der Waals surface area (Å²) in [4.78, 5) is 46.4. The second kappa shape index (κ2) is 9.40. The molecule has 1 aromatic heterocycles. The number of nitrogens with two attached hydrogens (primary N) is 1. The first-order valence-electron chi connectivity index (χ1n) is 11.6. The number of halogens is 1. The highest BCUT2D eigenvalue weighted by atomic mass is 19.1. The summed E-state index contributed by atoms with van der Waals surface area (Å²) in [5, 5.41) is 2.65. The van der Waals surface area contributed by atoms with Crippen molar-refractivity contribution in [3.8, 4) is 0 Å². The van der Waals surface area contributed by atoms with Gasteiger partial charge in [-0.15, -0.1) is 0 Å². The molecule has 0 radical (unpaired) electrons. The van der Waals surface area contributed by atoms with Crippen LogP contribution >= 0.6 is 0 Å². The van der Waals surface area contributed by atoms with E-state index in [4.69, 9.17) is 5.73 Å². The van der Waals surface area contributed by atoms with Crippen LogP contribution in [0.5, 0.6) is 0 Å². The fraction of sp³-hybridized carbons (Fsp3) is 0.440. The Hall–Kier alpha value is -3.49. The number of hydrogen-bond donors (Lipinski definition) is 2. The zero-order chi connectivity index (χ0) is 24.6. The van der Waals surface area contributed by atoms with Gasteiger partial charge >= 0.3 is 11.8 Å². The lowest BCUT2D eigenvalue weighted by atomic mass is 9.98. The first kappa shape index (κ1) is 23.7. The number of nitrogen functional groups attached to an aromatic ring is 1. The quantitative estimate of drug-likeness (QED) is 0.672. The SMILES string of the molecule is CC(C)C(=O)N1C[C@@H](c2ccc(F)cc2)N(C(=O)C(=O)Nc2cnc(N)c(C3CC3)c2)C[C@@H]1C. The monoisotopic (exact) mass is 467 g/mol. The first-order valence-corrected chi connectivity index (χ1v) is 11.6. The summed E-state index contributed by atoms with van der Waals surface area (Å²) < 4.78 is 13.6. The second-order valence-corrected chi connectivity index (χ2v) is 9.45. The molecule has 3 N–H and O–H groups in total. The molecule has 2 heterocycles. The van der Waals surface area contributed by atoms with Gasteiger partial charge in [-0.3, -0.25) is 14.4 Å². The van der Waals surface area contributed by atoms with Gasteiger partial charge in [-0.1, -0.05) is 26.0 Å². The summed E-state index contributed by atoms with van der Waals surface area (Å²) >= 11 is 0. The van der Waals surface area contributed by atoms with E-state index in [1.54, 1.807) is 23.1 Å². The number of anilines is 2. The molecular formula is C25H30FN5O3. The number of amides is 3. The van der Waals surface area contributed by atoms with Crippen LogP contribution in [0.1, 0.15) is 56.7 Å². The van der Waals surface area contributed by atoms with Crippen LogP contribution in [0.3, 0.4) is 0 Å². The Morgan fingerprint density at radius 1 is 1.12 bits per heavy atom. The molecule has 9 heteroatoms. The van der Waals surface area contributed by atoms with Gasteiger partial charge in [0.2, 0.25) is 5.91 Å². The smallest absolute Gasteiger partial charge is 0.313 e. The van der Waals surface area contributed by atoms with Crippen LogP contribution in [0.25, 0.3) is 0 Å². The van der Waals surface area contributed by atoms with E-state index in [0.717, 1.165) is 18.4 Å². The molecule has 180 valence electrons. The Kier molecular flexibility index (Phi) is 6.54. The van der Waals surface area contributed by atoms with Crippen LogP contribution in [0, 0.1) is 11.7 Å². The van der Waals surface area contributed by atoms with Crippen molar-refractivity contribution in [2.24, 2.45) is 5.92 Å². The van der Waals surface area contributed by atoms with Crippen LogP contribution in [0.2, 0.25) is 0 Å². The summed E-state index contributed by atoms with van der Waals surface area (Å²) in [5.41, 5.74) is 7.89. The minimum Gasteiger partial charge on any atom is -0.383 e. The zero-order valence-corrected chi connectivity index (χ0v) is 19.6. The molecule has 2 atom stereocenters. The number of carbonyl (C=O) groups excluding carboxylic acids is 3. The highest BCUT2D eigenvalue weighted by Crippen LogP contribution is 2.42. The largest absolute Gasteiger partial charge is 0.383 e. The third kappa shape index (κ3) is 4.88. The van der Waals surface area contributed by atoms with Gasteiger partial charge in [0.1, 0.15) is 11.6 Å². The van der Waals surface area contributed by atoms with E-state index < -0.39 is 23.7 Å². The number of nitrogens with one attached hydrogen (secondary N) is 1. The molecule has 1 aliphatic carbocycles. The summed E-state index contributed by atoms with van der Waals surface area (Å²) in [7, 11) is 0. The Balaban J connectivity index is 1.57. The predicted octanol–water partition coefficient (Wildman–Crippen LogP) is 3.08. The van der Waals surface area contributed by atoms with E-state index in [2.05, 4.69) is 10.3 Å². The normalized spacial score (nSPS) is 20.4. The lowest BCUT2D eigenvalue weighted by Gasteiger charge is -2.45. The van der Waals surface area contributed by atoms with Gasteiger partial charge in [0.05, 0.1) is 17.9 Å². The van der Waals surface area contributed by atoms with Crippen molar-refractivity contribution < 1.29 is 18.8 Å². The van der Waals surface area contributed by atoms with Gasteiger partial charge in [-0.05, 0) is 55.0 Å². The third-order valence-electron chi connectivity index (χ3n) is 6.45. The second-order valence-electron chi connectivity index (χ2n) is 9.45. The molecule has 4 rings (SSSR count). The molecule has 0 spiro atoms. The number of rotatable bonds is 4. The van der Waals surface area contributed by atoms with Crippen molar-refractivity contribution in [2.45, 2.75) is 51.6 Å². The number of aromatic nitrogens is 1. The minimum atomic E-state index is -0.795. The van der Waals surface area contributed by atoms with E-state index in [1.807, 2.05) is 20.8 Å². The molecule has 1 saturated heterocycles. The van der Waals surface area contributed by atoms with Crippen molar-refractivity contribution >= 4 is 29.2 Å². The predicted molar refractivity (Wildman–Crippen MR) is 126 cm³/mol. The maximum atomic E-state index is 13.6. The topological polar surface area (TPSA) is 109 Å².